The molecule has 4 aromatic rings. The zero-order chi connectivity index (χ0) is 33.1. The molecule has 0 bridgehead atoms. The number of esters is 1. The molecule has 0 unspecified atom stereocenters. The van der Waals surface area contributed by atoms with Crippen LogP contribution in [0.3, 0.4) is 0 Å². The van der Waals surface area contributed by atoms with Crippen molar-refractivity contribution >= 4 is 23.0 Å². The van der Waals surface area contributed by atoms with E-state index in [1.165, 1.54) is 50.6 Å². The monoisotopic (exact) mass is 638 g/mol. The van der Waals surface area contributed by atoms with Crippen LogP contribution in [0, 0.1) is 0 Å². The maximum atomic E-state index is 13.7. The SMILES string of the molecule is COc1ccc(-c2oc3cc(O)cc(O)c3c(=O)c2O[C@@H]2O[C@H](COC(=O)/C=C/c3ccc(O)cc3)[C@@H](O)[C@H](O)[C@H]2O)cc1OC. The highest BCUT2D eigenvalue weighted by Gasteiger charge is 2.46. The molecule has 1 aliphatic rings. The third-order valence-electron chi connectivity index (χ3n) is 7.16. The highest BCUT2D eigenvalue weighted by atomic mass is 16.7. The largest absolute Gasteiger partial charge is 0.508 e. The molecule has 5 atom stereocenters. The van der Waals surface area contributed by atoms with Crippen LogP contribution in [0.5, 0.6) is 34.5 Å². The summed E-state index contributed by atoms with van der Waals surface area (Å²) in [5.41, 5.74) is -0.324. The fraction of sp³-hybridized carbons (Fsp3) is 0.250. The molecule has 46 heavy (non-hydrogen) atoms. The van der Waals surface area contributed by atoms with E-state index in [0.29, 0.717) is 11.3 Å². The van der Waals surface area contributed by atoms with E-state index < -0.39 is 66.0 Å². The van der Waals surface area contributed by atoms with Gasteiger partial charge in [0.15, 0.2) is 17.3 Å². The molecule has 2 heterocycles. The molecule has 14 heteroatoms. The van der Waals surface area contributed by atoms with Gasteiger partial charge in [-0.25, -0.2) is 4.79 Å². The molecule has 0 radical (unpaired) electrons. The summed E-state index contributed by atoms with van der Waals surface area (Å²) in [6, 6.07) is 12.5. The molecular formula is C32H30O14. The van der Waals surface area contributed by atoms with Crippen molar-refractivity contribution in [2.24, 2.45) is 0 Å². The van der Waals surface area contributed by atoms with Crippen LogP contribution in [-0.4, -0.2) is 88.1 Å². The number of carbonyl (C=O) groups excluding carboxylic acids is 1. The van der Waals surface area contributed by atoms with Crippen LogP contribution in [-0.2, 0) is 14.3 Å². The van der Waals surface area contributed by atoms with Gasteiger partial charge in [0.05, 0.1) is 14.2 Å². The van der Waals surface area contributed by atoms with Gasteiger partial charge < -0.3 is 58.7 Å². The van der Waals surface area contributed by atoms with E-state index in [9.17, 15) is 40.2 Å². The van der Waals surface area contributed by atoms with Crippen LogP contribution < -0.4 is 19.6 Å². The van der Waals surface area contributed by atoms with Crippen LogP contribution in [0.25, 0.3) is 28.4 Å². The van der Waals surface area contributed by atoms with Gasteiger partial charge in [-0.05, 0) is 42.0 Å². The molecule has 14 nitrogen and oxygen atoms in total. The Hall–Kier alpha value is -5.28. The molecule has 1 aromatic heterocycles. The van der Waals surface area contributed by atoms with Crippen molar-refractivity contribution in [2.75, 3.05) is 20.8 Å². The topological polar surface area (TPSA) is 215 Å². The minimum atomic E-state index is -1.90. The van der Waals surface area contributed by atoms with Crippen LogP contribution >= 0.6 is 0 Å². The van der Waals surface area contributed by atoms with Crippen molar-refractivity contribution in [1.29, 1.82) is 0 Å². The lowest BCUT2D eigenvalue weighted by molar-refractivity contribution is -0.278. The second kappa shape index (κ2) is 13.4. The first-order valence-corrected chi connectivity index (χ1v) is 13.8. The van der Waals surface area contributed by atoms with Crippen molar-refractivity contribution in [2.45, 2.75) is 30.7 Å². The summed E-state index contributed by atoms with van der Waals surface area (Å²) >= 11 is 0. The lowest BCUT2D eigenvalue weighted by Crippen LogP contribution is -2.60. The molecule has 0 amide bonds. The predicted molar refractivity (Wildman–Crippen MR) is 160 cm³/mol. The van der Waals surface area contributed by atoms with Crippen LogP contribution in [0.15, 0.2) is 69.9 Å². The van der Waals surface area contributed by atoms with Crippen molar-refractivity contribution in [3.8, 4) is 45.8 Å². The van der Waals surface area contributed by atoms with Gasteiger partial charge in [-0.15, -0.1) is 0 Å². The van der Waals surface area contributed by atoms with Gasteiger partial charge in [-0.2, -0.15) is 0 Å². The molecule has 1 saturated heterocycles. The summed E-state index contributed by atoms with van der Waals surface area (Å²) in [7, 11) is 2.82. The molecule has 5 rings (SSSR count). The van der Waals surface area contributed by atoms with Gasteiger partial charge >= 0.3 is 5.97 Å². The molecule has 0 aliphatic carbocycles. The highest BCUT2D eigenvalue weighted by molar-refractivity contribution is 5.88. The summed E-state index contributed by atoms with van der Waals surface area (Å²) in [5.74, 6) is -1.99. The number of aliphatic hydroxyl groups excluding tert-OH is 3. The molecule has 0 spiro atoms. The number of benzene rings is 3. The van der Waals surface area contributed by atoms with Crippen LogP contribution in [0.2, 0.25) is 0 Å². The van der Waals surface area contributed by atoms with Gasteiger partial charge in [0.2, 0.25) is 17.5 Å². The Labute approximate surface area is 260 Å². The second-order valence-corrected chi connectivity index (χ2v) is 10.2. The molecular weight excluding hydrogens is 608 g/mol. The Balaban J connectivity index is 1.46. The van der Waals surface area contributed by atoms with E-state index in [4.69, 9.17) is 28.1 Å². The number of hydrogen-bond acceptors (Lipinski definition) is 14. The summed E-state index contributed by atoms with van der Waals surface area (Å²) in [6.45, 7) is -0.585. The minimum Gasteiger partial charge on any atom is -0.508 e. The highest BCUT2D eigenvalue weighted by Crippen LogP contribution is 2.40. The maximum absolute atomic E-state index is 13.7. The minimum absolute atomic E-state index is 0.0501. The Morgan fingerprint density at radius 3 is 2.28 bits per heavy atom. The first-order valence-electron chi connectivity index (χ1n) is 13.8. The smallest absolute Gasteiger partial charge is 0.330 e. The average molecular weight is 639 g/mol. The average Bonchev–Trinajstić information content (AvgIpc) is 3.04. The zero-order valence-corrected chi connectivity index (χ0v) is 24.4. The third kappa shape index (κ3) is 6.55. The summed E-state index contributed by atoms with van der Waals surface area (Å²) in [5, 5.41) is 61.4. The Morgan fingerprint density at radius 1 is 0.870 bits per heavy atom. The van der Waals surface area contributed by atoms with Gasteiger partial charge in [0.25, 0.3) is 0 Å². The molecule has 1 fully saturated rings. The number of phenolic OH excluding ortho intramolecular Hbond substituents is 3. The Morgan fingerprint density at radius 2 is 1.59 bits per heavy atom. The third-order valence-corrected chi connectivity index (χ3v) is 7.16. The van der Waals surface area contributed by atoms with E-state index in [1.807, 2.05) is 0 Å². The normalized spacial score (nSPS) is 21.3. The molecule has 3 aromatic carbocycles. The van der Waals surface area contributed by atoms with Gasteiger partial charge in [0, 0.05) is 23.8 Å². The van der Waals surface area contributed by atoms with Gasteiger partial charge in [0.1, 0.15) is 59.2 Å². The first kappa shape index (κ1) is 32.1. The number of aliphatic hydroxyl groups is 3. The number of carbonyl (C=O) groups is 1. The maximum Gasteiger partial charge on any atom is 0.330 e. The molecule has 242 valence electrons. The first-order chi connectivity index (χ1) is 22.0. The number of phenols is 3. The second-order valence-electron chi connectivity index (χ2n) is 10.2. The van der Waals surface area contributed by atoms with E-state index in [-0.39, 0.29) is 33.8 Å². The summed E-state index contributed by atoms with van der Waals surface area (Å²) in [4.78, 5) is 26.1. The van der Waals surface area contributed by atoms with E-state index in [1.54, 1.807) is 12.1 Å². The van der Waals surface area contributed by atoms with Crippen molar-refractivity contribution in [3.05, 3.63) is 76.5 Å². The van der Waals surface area contributed by atoms with E-state index in [2.05, 4.69) is 0 Å². The number of hydrogen-bond donors (Lipinski definition) is 6. The molecule has 0 saturated carbocycles. The standard InChI is InChI=1S/C32H30O14/c1-41-20-9-6-16(11-21(20)42-2)30-31(27(38)25-19(35)12-18(34)13-22(25)44-30)46-32-29(40)28(39)26(37)23(45-32)14-43-24(36)10-5-15-3-7-17(33)8-4-15/h3-13,23,26,28-29,32-35,37,39-40H,14H2,1-2H3/b10-5+/t23-,26-,28+,29-,32+/m1/s1. The zero-order valence-electron chi connectivity index (χ0n) is 24.4. The fourth-order valence-electron chi connectivity index (χ4n) is 4.77. The van der Waals surface area contributed by atoms with Crippen LogP contribution in [0.1, 0.15) is 5.56 Å². The van der Waals surface area contributed by atoms with E-state index in [0.717, 1.165) is 18.2 Å². The molecule has 1 aliphatic heterocycles. The lowest BCUT2D eigenvalue weighted by Gasteiger charge is -2.39. The number of ether oxygens (including phenoxy) is 5. The fourth-order valence-corrected chi connectivity index (χ4v) is 4.77. The lowest BCUT2D eigenvalue weighted by atomic mass is 9.99. The van der Waals surface area contributed by atoms with E-state index >= 15 is 0 Å². The van der Waals surface area contributed by atoms with Crippen LogP contribution in [0.4, 0.5) is 0 Å². The molecule has 6 N–H and O–H groups in total. The number of rotatable bonds is 9. The Kier molecular flexibility index (Phi) is 9.34. The van der Waals surface area contributed by atoms with Crippen molar-refractivity contribution in [1.82, 2.24) is 0 Å². The number of fused-ring (bicyclic) bond motifs is 1. The predicted octanol–water partition coefficient (Wildman–Crippen LogP) is 2.04. The quantitative estimate of drug-likeness (QED) is 0.114. The summed E-state index contributed by atoms with van der Waals surface area (Å²) < 4.78 is 33.2. The van der Waals surface area contributed by atoms with Crippen molar-refractivity contribution in [3.63, 3.8) is 0 Å². The van der Waals surface area contributed by atoms with Gasteiger partial charge in [-0.1, -0.05) is 12.1 Å². The number of methoxy groups -OCH3 is 2. The van der Waals surface area contributed by atoms with Gasteiger partial charge in [-0.3, -0.25) is 4.79 Å². The Bertz CT molecular complexity index is 1810. The van der Waals surface area contributed by atoms with Crippen molar-refractivity contribution < 1.29 is 63.5 Å². The summed E-state index contributed by atoms with van der Waals surface area (Å²) in [6.07, 6.45) is -6.20. The number of aromatic hydroxyl groups is 3.